The molecule has 16 rings (SSSR count). The maximum atomic E-state index is 12.4. The van der Waals surface area contributed by atoms with Crippen LogP contribution in [0.3, 0.4) is 0 Å². The molecule has 0 aromatic rings. The Morgan fingerprint density at radius 3 is 1.09 bits per heavy atom. The first kappa shape index (κ1) is 70.9. The average Bonchev–Trinajstić information content (AvgIpc) is 1.59. The van der Waals surface area contributed by atoms with E-state index in [0.29, 0.717) is 116 Å². The van der Waals surface area contributed by atoms with E-state index in [1.54, 1.807) is 16.8 Å². The SMILES string of the molecule is CN1C[C@@H]2C[C@@H]3CN(C(=O)N3OS(=O)(=O)[O-])[C@@H]2C1=O.O=C1NCC[C@@H]2C[C@@H]3CN(C(=O)N3OS(=O)(=O)[O-])[C@H]12.O=C1NC[C@@H]2C[C@@H]3CN(C(=O)N3OS(=O)(=O)[O-])[C@H]12.O=C1[C@@H]2[C@@H](C[C@@H]3CN2C(=O)N3OS(=O)(=O)[O-])CN1C1CC1.[NH3+]CCN1C[C@@H]2C[C@@H]3CN(C(=O)N3OS(=O)(=O)[O-])[C@@H]2C1=O. The summed E-state index contributed by atoms with van der Waals surface area (Å²) >= 11 is 0. The largest absolute Gasteiger partial charge is 0.724 e. The summed E-state index contributed by atoms with van der Waals surface area (Å²) in [6, 6.07) is -8.78. The van der Waals surface area contributed by atoms with Gasteiger partial charge in [0, 0.05) is 102 Å². The number of nitrogens with one attached hydrogen (secondary N) is 2. The Morgan fingerprint density at radius 2 is 0.704 bits per heavy atom. The number of fused-ring (bicyclic) bond motifs is 20. The Bertz CT molecular complexity index is 3930. The van der Waals surface area contributed by atoms with Crippen LogP contribution in [0.1, 0.15) is 51.4 Å². The van der Waals surface area contributed by atoms with Gasteiger partial charge in [-0.25, -0.2) is 66.1 Å². The third-order valence-electron chi connectivity index (χ3n) is 19.9. The van der Waals surface area contributed by atoms with Gasteiger partial charge in [-0.1, -0.05) is 0 Å². The predicted octanol–water partition coefficient (Wildman–Crippen LogP) is -9.43. The lowest BCUT2D eigenvalue weighted by Crippen LogP contribution is -2.58. The van der Waals surface area contributed by atoms with Crippen molar-refractivity contribution in [3.8, 4) is 0 Å². The van der Waals surface area contributed by atoms with Crippen molar-refractivity contribution in [3.63, 3.8) is 0 Å². The lowest BCUT2D eigenvalue weighted by Gasteiger charge is -2.39. The lowest BCUT2D eigenvalue weighted by atomic mass is 9.83. The maximum Gasteiger partial charge on any atom is 0.346 e. The first-order valence-electron chi connectivity index (χ1n) is 30.6. The van der Waals surface area contributed by atoms with Crippen molar-refractivity contribution in [2.45, 2.75) is 118 Å². The van der Waals surface area contributed by atoms with Crippen LogP contribution in [0.15, 0.2) is 0 Å². The van der Waals surface area contributed by atoms with Gasteiger partial charge in [-0.3, -0.25) is 24.0 Å². The van der Waals surface area contributed by atoms with Gasteiger partial charge in [0.05, 0.1) is 43.3 Å². The third-order valence-corrected chi connectivity index (χ3v) is 21.7. The maximum absolute atomic E-state index is 12.4. The number of urea groups is 5. The van der Waals surface area contributed by atoms with Crippen molar-refractivity contribution in [3.05, 3.63) is 0 Å². The molecule has 15 atom stereocenters. The summed E-state index contributed by atoms with van der Waals surface area (Å²) in [5, 5.41) is 8.31. The van der Waals surface area contributed by atoms with Gasteiger partial charge in [0.25, 0.3) is 0 Å². The topological polar surface area (TPSA) is 597 Å². The fourth-order valence-electron chi connectivity index (χ4n) is 16.3. The molecule has 0 radical (unpaired) electrons. The highest BCUT2D eigenvalue weighted by molar-refractivity contribution is 7.81. The summed E-state index contributed by atoms with van der Waals surface area (Å²) in [6.07, 6.45) is 4.96. The average molecular weight is 1490 g/mol. The number of piperidine rings is 6. The smallest absolute Gasteiger partial charge is 0.346 e. The molecule has 0 unspecified atom stereocenters. The van der Waals surface area contributed by atoms with Crippen molar-refractivity contribution in [1.29, 1.82) is 0 Å². The van der Waals surface area contributed by atoms with E-state index in [4.69, 9.17) is 0 Å². The molecule has 15 amide bonds. The van der Waals surface area contributed by atoms with Crippen LogP contribution < -0.4 is 16.4 Å². The van der Waals surface area contributed by atoms with Crippen molar-refractivity contribution in [2.75, 3.05) is 85.6 Å². The second-order valence-electron chi connectivity index (χ2n) is 26.1. The van der Waals surface area contributed by atoms with Crippen LogP contribution >= 0.6 is 0 Å². The molecule has 10 bridgehead atoms. The molecular formula is C47H64N16O30S5-4. The van der Waals surface area contributed by atoms with Gasteiger partial charge in [-0.05, 0) is 57.3 Å². The number of quaternary nitrogens is 1. The number of likely N-dealkylation sites (N-methyl/N-ethyl adjacent to an activating group) is 1. The highest BCUT2D eigenvalue weighted by Gasteiger charge is 2.62. The lowest BCUT2D eigenvalue weighted by molar-refractivity contribution is -0.368. The van der Waals surface area contributed by atoms with Gasteiger partial charge in [0.2, 0.25) is 81.5 Å². The summed E-state index contributed by atoms with van der Waals surface area (Å²) in [7, 11) is -23.3. The molecule has 98 heavy (non-hydrogen) atoms. The minimum absolute atomic E-state index is 0.0243. The standard InChI is InChI=1S/C11H15N3O6S.C10H16N4O6S.2C9H13N3O6S.C8H11N3O6S/c15-10-9-6(4-12(10)7-1-2-7)3-8-5-13(9)11(16)14(8)20-21(17,18)19;11-1-2-12-4-6-3-7-5-13(8(6)9(12)15)10(16)14(7)20-21(17,18)19;1-10-3-5-2-6-4-11(7(5)8(10)13)9(14)12(6)18-19(15,16)17;13-8-7-5(1-2-10-8)3-6-4-11(7)9(14)12(6)18-19(15,16)17;12-7-6-4(2-9-7)1-5-3-10(6)8(13)11(5)17-18(14,15)16/h6-9H,1-5H2,(H,17,18,19);6-8H,1-5,11H2,(H,17,18,19);5-7H,2-4H2,1H3,(H,15,16,17);5-7H,1-4H2,(H,10,13)(H,15,16,17);4-6H,1-3H2,(H,9,12)(H,14,15,16)/p-4/t6-,8+,9-;6-,7+,8-;5-,6+,7-;5-,6-,7+;4-,5+,6-/m00010/s1. The number of hydrogen-bond acceptors (Lipinski definition) is 30. The summed E-state index contributed by atoms with van der Waals surface area (Å²) in [6.45, 7) is 4.74. The molecule has 51 heteroatoms. The molecule has 0 aromatic carbocycles. The van der Waals surface area contributed by atoms with Gasteiger partial charge >= 0.3 is 30.2 Å². The fourth-order valence-corrected chi connectivity index (χ4v) is 18.2. The third kappa shape index (κ3) is 13.9. The molecule has 1 aliphatic carbocycles. The number of likely N-dealkylation sites (tertiary alicyclic amines) is 3. The van der Waals surface area contributed by atoms with E-state index in [1.807, 2.05) is 4.90 Å². The van der Waals surface area contributed by atoms with E-state index >= 15 is 0 Å². The van der Waals surface area contributed by atoms with Crippen LogP contribution in [0.4, 0.5) is 24.0 Å². The number of amides is 15. The second-order valence-corrected chi connectivity index (χ2v) is 30.9. The van der Waals surface area contributed by atoms with Crippen LogP contribution in [-0.4, -0.2) is 341 Å². The summed E-state index contributed by atoms with van der Waals surface area (Å²) in [4.78, 5) is 132. The Kier molecular flexibility index (Phi) is 18.5. The number of rotatable bonds is 13. The van der Waals surface area contributed by atoms with Crippen LogP contribution in [0.5, 0.6) is 0 Å². The molecule has 0 spiro atoms. The highest BCUT2D eigenvalue weighted by Crippen LogP contribution is 2.45. The molecule has 5 N–H and O–H groups in total. The van der Waals surface area contributed by atoms with Crippen molar-refractivity contribution < 1.29 is 140 Å². The predicted molar refractivity (Wildman–Crippen MR) is 299 cm³/mol. The van der Waals surface area contributed by atoms with Gasteiger partial charge in [-0.2, -0.15) is 46.7 Å². The summed E-state index contributed by atoms with van der Waals surface area (Å²) in [5.74, 6) is -1.12. The molecular weight excluding hydrogens is 1430 g/mol. The van der Waals surface area contributed by atoms with Crippen molar-refractivity contribution in [2.24, 2.45) is 29.6 Å². The molecule has 0 aromatic heterocycles. The molecule has 546 valence electrons. The second kappa shape index (κ2) is 25.6. The summed E-state index contributed by atoms with van der Waals surface area (Å²) < 4.78 is 181. The van der Waals surface area contributed by atoms with Crippen LogP contribution in [0.25, 0.3) is 0 Å². The van der Waals surface area contributed by atoms with E-state index in [9.17, 15) is 113 Å². The molecule has 16 fully saturated rings. The molecule has 15 heterocycles. The van der Waals surface area contributed by atoms with E-state index in [0.717, 1.165) is 12.8 Å². The minimum Gasteiger partial charge on any atom is -0.724 e. The number of hydroxylamine groups is 10. The van der Waals surface area contributed by atoms with Gasteiger partial charge < -0.3 is 78.3 Å². The van der Waals surface area contributed by atoms with Gasteiger partial charge in [-0.15, -0.1) is 0 Å². The Hall–Kier alpha value is -6.99. The van der Waals surface area contributed by atoms with Crippen molar-refractivity contribution >= 4 is 112 Å². The van der Waals surface area contributed by atoms with E-state index in [-0.39, 0.29) is 91.8 Å². The Balaban J connectivity index is 0.000000117. The van der Waals surface area contributed by atoms with E-state index in [1.165, 1.54) is 24.5 Å². The molecule has 16 aliphatic rings. The van der Waals surface area contributed by atoms with Gasteiger partial charge in [0.1, 0.15) is 30.2 Å². The molecule has 1 saturated carbocycles. The molecule has 15 saturated heterocycles. The van der Waals surface area contributed by atoms with Crippen LogP contribution in [0.2, 0.25) is 0 Å². The monoisotopic (exact) mass is 1490 g/mol. The normalized spacial score (nSPS) is 34.2. The van der Waals surface area contributed by atoms with Crippen molar-refractivity contribution in [1.82, 2.24) is 75.1 Å². The zero-order chi connectivity index (χ0) is 71.1. The molecule has 46 nitrogen and oxygen atoms in total. The highest BCUT2D eigenvalue weighted by atomic mass is 32.3. The minimum atomic E-state index is -5.01. The van der Waals surface area contributed by atoms with Gasteiger partial charge in [0.15, 0.2) is 0 Å². The Labute approximate surface area is 557 Å². The first-order chi connectivity index (χ1) is 45.7. The number of carbonyl (C=O) groups is 10. The Morgan fingerprint density at radius 1 is 0.378 bits per heavy atom. The quantitative estimate of drug-likeness (QED) is 0.114. The fraction of sp³-hybridized carbons (Fsp3) is 0.787. The number of nitrogens with zero attached hydrogens (tertiary/aromatic N) is 13. The van der Waals surface area contributed by atoms with Crippen LogP contribution in [-0.2, 0) is 97.4 Å². The zero-order valence-corrected chi connectivity index (χ0v) is 55.3. The van der Waals surface area contributed by atoms with E-state index < -0.39 is 143 Å². The molecule has 15 aliphatic heterocycles. The van der Waals surface area contributed by atoms with Crippen LogP contribution in [0, 0.1) is 29.6 Å². The first-order valence-corrected chi connectivity index (χ1v) is 37.3. The van der Waals surface area contributed by atoms with E-state index in [2.05, 4.69) is 37.8 Å². The summed E-state index contributed by atoms with van der Waals surface area (Å²) in [5.41, 5.74) is 3.71. The number of hydrogen-bond donors (Lipinski definition) is 3. The number of carbonyl (C=O) groups excluding carboxylic acids is 10. The zero-order valence-electron chi connectivity index (χ0n) is 51.2.